The summed E-state index contributed by atoms with van der Waals surface area (Å²) in [6.07, 6.45) is 0. The Bertz CT molecular complexity index is 642. The van der Waals surface area contributed by atoms with Gasteiger partial charge in [0.25, 0.3) is 0 Å². The van der Waals surface area contributed by atoms with Crippen LogP contribution >= 0.6 is 0 Å². The zero-order chi connectivity index (χ0) is 14.7. The topological polar surface area (TPSA) is 64.4 Å². The number of hydrogen-bond acceptors (Lipinski definition) is 4. The minimum absolute atomic E-state index is 0.0195. The van der Waals surface area contributed by atoms with Gasteiger partial charge in [-0.05, 0) is 42.8 Å². The molecule has 0 amide bonds. The van der Waals surface area contributed by atoms with Crippen molar-refractivity contribution in [3.63, 3.8) is 0 Å². The summed E-state index contributed by atoms with van der Waals surface area (Å²) in [5, 5.41) is 13.9. The lowest BCUT2D eigenvalue weighted by molar-refractivity contribution is -0.385. The van der Waals surface area contributed by atoms with Crippen molar-refractivity contribution < 1.29 is 14.1 Å². The molecule has 2 aromatic rings. The Labute approximate surface area is 115 Å². The first-order valence-electron chi connectivity index (χ1n) is 5.91. The maximum atomic E-state index is 13.4. The lowest BCUT2D eigenvalue weighted by Gasteiger charge is -2.08. The van der Waals surface area contributed by atoms with Crippen LogP contribution in [0.2, 0.25) is 0 Å². The fourth-order valence-corrected chi connectivity index (χ4v) is 1.69. The third-order valence-electron chi connectivity index (χ3n) is 2.81. The number of aryl methyl sites for hydroxylation is 1. The van der Waals surface area contributed by atoms with Crippen LogP contribution in [0.4, 0.5) is 15.8 Å². The lowest BCUT2D eigenvalue weighted by atomic mass is 10.2. The first-order valence-corrected chi connectivity index (χ1v) is 5.91. The molecular formula is C14H13FN2O3. The van der Waals surface area contributed by atoms with E-state index in [9.17, 15) is 14.5 Å². The van der Waals surface area contributed by atoms with E-state index in [0.717, 1.165) is 11.8 Å². The van der Waals surface area contributed by atoms with E-state index in [1.807, 2.05) is 0 Å². The van der Waals surface area contributed by atoms with Crippen LogP contribution in [0.1, 0.15) is 5.56 Å². The van der Waals surface area contributed by atoms with Gasteiger partial charge in [-0.2, -0.15) is 0 Å². The molecule has 0 fully saturated rings. The maximum absolute atomic E-state index is 13.4. The fraction of sp³-hybridized carbons (Fsp3) is 0.143. The van der Waals surface area contributed by atoms with E-state index in [-0.39, 0.29) is 11.3 Å². The van der Waals surface area contributed by atoms with Gasteiger partial charge in [0.1, 0.15) is 11.6 Å². The quantitative estimate of drug-likeness (QED) is 0.680. The standard InChI is InChI=1S/C14H13FN2O3/c1-9-7-14(13(17(18)19)8-12(9)15)20-11-5-3-10(16-2)4-6-11/h3-8,16H,1-2H3. The number of nitro groups is 1. The van der Waals surface area contributed by atoms with Gasteiger partial charge in [0.2, 0.25) is 5.75 Å². The number of ether oxygens (including phenoxy) is 1. The van der Waals surface area contributed by atoms with Crippen molar-refractivity contribution >= 4 is 11.4 Å². The summed E-state index contributed by atoms with van der Waals surface area (Å²) in [5.41, 5.74) is 0.783. The van der Waals surface area contributed by atoms with Crippen LogP contribution in [0.3, 0.4) is 0 Å². The number of anilines is 1. The lowest BCUT2D eigenvalue weighted by Crippen LogP contribution is -1.96. The Morgan fingerprint density at radius 3 is 2.45 bits per heavy atom. The van der Waals surface area contributed by atoms with Crippen LogP contribution in [-0.2, 0) is 0 Å². The second-order valence-corrected chi connectivity index (χ2v) is 4.20. The Morgan fingerprint density at radius 2 is 1.90 bits per heavy atom. The third-order valence-corrected chi connectivity index (χ3v) is 2.81. The average molecular weight is 276 g/mol. The highest BCUT2D eigenvalue weighted by Crippen LogP contribution is 2.33. The Hall–Kier alpha value is -2.63. The van der Waals surface area contributed by atoms with Crippen LogP contribution in [-0.4, -0.2) is 12.0 Å². The number of rotatable bonds is 4. The van der Waals surface area contributed by atoms with Crippen LogP contribution in [0.25, 0.3) is 0 Å². The molecule has 0 radical (unpaired) electrons. The van der Waals surface area contributed by atoms with Crippen LogP contribution in [0, 0.1) is 22.9 Å². The molecule has 0 saturated carbocycles. The number of nitrogens with zero attached hydrogens (tertiary/aromatic N) is 1. The molecule has 0 aliphatic rings. The zero-order valence-electron chi connectivity index (χ0n) is 11.0. The van der Waals surface area contributed by atoms with Gasteiger partial charge in [0.05, 0.1) is 11.0 Å². The molecule has 104 valence electrons. The third kappa shape index (κ3) is 2.85. The molecule has 0 aliphatic heterocycles. The number of benzene rings is 2. The first kappa shape index (κ1) is 13.8. The molecule has 0 atom stereocenters. The van der Waals surface area contributed by atoms with Gasteiger partial charge in [-0.15, -0.1) is 0 Å². The van der Waals surface area contributed by atoms with Crippen LogP contribution < -0.4 is 10.1 Å². The SMILES string of the molecule is CNc1ccc(Oc2cc(C)c(F)cc2[N+](=O)[O-])cc1. The number of halogens is 1. The van der Waals surface area contributed by atoms with Gasteiger partial charge in [-0.25, -0.2) is 4.39 Å². The summed E-state index contributed by atoms with van der Waals surface area (Å²) in [7, 11) is 1.78. The number of hydrogen-bond donors (Lipinski definition) is 1. The van der Waals surface area contributed by atoms with Crippen LogP contribution in [0.15, 0.2) is 36.4 Å². The molecule has 1 N–H and O–H groups in total. The molecule has 2 aromatic carbocycles. The highest BCUT2D eigenvalue weighted by Gasteiger charge is 2.19. The molecule has 0 heterocycles. The van der Waals surface area contributed by atoms with Gasteiger partial charge in [0, 0.05) is 12.7 Å². The molecule has 0 spiro atoms. The smallest absolute Gasteiger partial charge is 0.314 e. The molecule has 6 heteroatoms. The second kappa shape index (κ2) is 5.56. The van der Waals surface area contributed by atoms with Gasteiger partial charge in [-0.1, -0.05) is 0 Å². The molecule has 2 rings (SSSR count). The van der Waals surface area contributed by atoms with Gasteiger partial charge >= 0.3 is 5.69 Å². The maximum Gasteiger partial charge on any atom is 0.314 e. The molecule has 20 heavy (non-hydrogen) atoms. The van der Waals surface area contributed by atoms with Crippen molar-refractivity contribution in [1.29, 1.82) is 0 Å². The Kier molecular flexibility index (Phi) is 3.84. The molecular weight excluding hydrogens is 263 g/mol. The summed E-state index contributed by atoms with van der Waals surface area (Å²) in [4.78, 5) is 10.3. The summed E-state index contributed by atoms with van der Waals surface area (Å²) < 4.78 is 18.9. The van der Waals surface area contributed by atoms with E-state index in [4.69, 9.17) is 4.74 Å². The van der Waals surface area contributed by atoms with E-state index < -0.39 is 16.4 Å². The summed E-state index contributed by atoms with van der Waals surface area (Å²) >= 11 is 0. The average Bonchev–Trinajstić information content (AvgIpc) is 2.43. The molecule has 0 aliphatic carbocycles. The normalized spacial score (nSPS) is 10.2. The van der Waals surface area contributed by atoms with Crippen molar-refractivity contribution in [3.8, 4) is 11.5 Å². The van der Waals surface area contributed by atoms with Crippen molar-refractivity contribution in [1.82, 2.24) is 0 Å². The van der Waals surface area contributed by atoms with Gasteiger partial charge < -0.3 is 10.1 Å². The monoisotopic (exact) mass is 276 g/mol. The number of nitrogens with one attached hydrogen (secondary N) is 1. The Balaban J connectivity index is 2.36. The van der Waals surface area contributed by atoms with E-state index in [1.54, 1.807) is 31.3 Å². The Morgan fingerprint density at radius 1 is 1.25 bits per heavy atom. The summed E-state index contributed by atoms with van der Waals surface area (Å²) in [6, 6.07) is 9.09. The minimum atomic E-state index is -0.667. The van der Waals surface area contributed by atoms with E-state index in [0.29, 0.717) is 5.75 Å². The molecule has 0 bridgehead atoms. The van der Waals surface area contributed by atoms with E-state index in [2.05, 4.69) is 5.32 Å². The molecule has 0 saturated heterocycles. The first-order chi connectivity index (χ1) is 9.51. The van der Waals surface area contributed by atoms with Gasteiger partial charge in [-0.3, -0.25) is 10.1 Å². The van der Waals surface area contributed by atoms with Crippen molar-refractivity contribution in [2.45, 2.75) is 6.92 Å². The van der Waals surface area contributed by atoms with Crippen molar-refractivity contribution in [2.24, 2.45) is 0 Å². The molecule has 0 aromatic heterocycles. The largest absolute Gasteiger partial charge is 0.450 e. The van der Waals surface area contributed by atoms with Crippen LogP contribution in [0.5, 0.6) is 11.5 Å². The van der Waals surface area contributed by atoms with Gasteiger partial charge in [0.15, 0.2) is 0 Å². The minimum Gasteiger partial charge on any atom is -0.450 e. The van der Waals surface area contributed by atoms with E-state index in [1.165, 1.54) is 13.0 Å². The fourth-order valence-electron chi connectivity index (χ4n) is 1.69. The van der Waals surface area contributed by atoms with Crippen molar-refractivity contribution in [2.75, 3.05) is 12.4 Å². The second-order valence-electron chi connectivity index (χ2n) is 4.20. The summed E-state index contributed by atoms with van der Waals surface area (Å²) in [5.74, 6) is -0.168. The van der Waals surface area contributed by atoms with Crippen molar-refractivity contribution in [3.05, 3.63) is 57.9 Å². The van der Waals surface area contributed by atoms with E-state index >= 15 is 0 Å². The highest BCUT2D eigenvalue weighted by molar-refractivity contribution is 5.52. The zero-order valence-corrected chi connectivity index (χ0v) is 11.0. The molecule has 0 unspecified atom stereocenters. The number of nitro benzene ring substituents is 1. The summed E-state index contributed by atoms with van der Waals surface area (Å²) in [6.45, 7) is 1.52. The highest BCUT2D eigenvalue weighted by atomic mass is 19.1. The predicted octanol–water partition coefficient (Wildman–Crippen LogP) is 3.88. The molecule has 5 nitrogen and oxygen atoms in total. The predicted molar refractivity (Wildman–Crippen MR) is 73.9 cm³/mol.